The topological polar surface area (TPSA) is 50.7 Å². The van der Waals surface area contributed by atoms with Crippen LogP contribution < -0.4 is 10.2 Å². The number of aryl methyl sites for hydroxylation is 1. The fourth-order valence-electron chi connectivity index (χ4n) is 2.53. The second-order valence-corrected chi connectivity index (χ2v) is 6.70. The Morgan fingerprint density at radius 2 is 1.64 bits per heavy atom. The molecule has 0 fully saturated rings. The molecule has 3 aromatic rings. The van der Waals surface area contributed by atoms with Gasteiger partial charge in [-0.25, -0.2) is 5.43 Å². The van der Waals surface area contributed by atoms with Gasteiger partial charge < -0.3 is 4.74 Å². The van der Waals surface area contributed by atoms with Gasteiger partial charge in [0.1, 0.15) is 12.4 Å². The number of carbonyl (C=O) groups is 1. The third-order valence-corrected chi connectivity index (χ3v) is 4.34. The lowest BCUT2D eigenvalue weighted by Crippen LogP contribution is -2.17. The number of hydrogen-bond acceptors (Lipinski definition) is 3. The molecule has 0 saturated heterocycles. The van der Waals surface area contributed by atoms with Crippen molar-refractivity contribution in [3.8, 4) is 5.75 Å². The van der Waals surface area contributed by atoms with Crippen molar-refractivity contribution in [3.05, 3.63) is 101 Å². The quantitative estimate of drug-likeness (QED) is 0.433. The van der Waals surface area contributed by atoms with Crippen LogP contribution in [0.5, 0.6) is 5.75 Å². The highest BCUT2D eigenvalue weighted by Crippen LogP contribution is 2.15. The monoisotopic (exact) mass is 392 g/mol. The Morgan fingerprint density at radius 1 is 0.929 bits per heavy atom. The van der Waals surface area contributed by atoms with Crippen molar-refractivity contribution in [2.24, 2.45) is 5.10 Å². The number of ether oxygens (including phenoxy) is 1. The number of nitrogens with zero attached hydrogens (tertiary/aromatic N) is 1. The fourth-order valence-corrected chi connectivity index (χ4v) is 2.66. The van der Waals surface area contributed by atoms with Gasteiger partial charge in [0.05, 0.1) is 6.21 Å². The van der Waals surface area contributed by atoms with Crippen molar-refractivity contribution in [1.82, 2.24) is 5.43 Å². The highest BCUT2D eigenvalue weighted by molar-refractivity contribution is 6.30. The molecule has 1 N–H and O–H groups in total. The fraction of sp³-hybridized carbons (Fsp3) is 0.130. The number of hydrazone groups is 1. The van der Waals surface area contributed by atoms with Crippen LogP contribution in [-0.4, -0.2) is 12.1 Å². The first-order chi connectivity index (χ1) is 13.7. The first-order valence-corrected chi connectivity index (χ1v) is 9.40. The van der Waals surface area contributed by atoms with Crippen LogP contribution in [0.4, 0.5) is 0 Å². The molecule has 142 valence electrons. The van der Waals surface area contributed by atoms with E-state index in [-0.39, 0.29) is 5.91 Å². The standard InChI is InChI=1S/C23H21ClN2O2/c24-21-11-6-20(7-12-21)17-28-22-13-8-19(9-14-22)16-25-26-23(27)15-10-18-4-2-1-3-5-18/h1-9,11-14,16H,10,15,17H2,(H,26,27). The predicted octanol–water partition coefficient (Wildman–Crippen LogP) is 5.00. The maximum Gasteiger partial charge on any atom is 0.240 e. The average Bonchev–Trinajstić information content (AvgIpc) is 2.73. The molecule has 0 saturated carbocycles. The van der Waals surface area contributed by atoms with E-state index in [0.29, 0.717) is 24.5 Å². The number of halogens is 1. The van der Waals surface area contributed by atoms with Crippen molar-refractivity contribution >= 4 is 23.7 Å². The first-order valence-electron chi connectivity index (χ1n) is 9.02. The van der Waals surface area contributed by atoms with E-state index >= 15 is 0 Å². The van der Waals surface area contributed by atoms with Gasteiger partial charge in [-0.1, -0.05) is 54.1 Å². The second-order valence-electron chi connectivity index (χ2n) is 6.26. The molecule has 3 aromatic carbocycles. The zero-order chi connectivity index (χ0) is 19.6. The molecule has 0 atom stereocenters. The zero-order valence-electron chi connectivity index (χ0n) is 15.3. The normalized spacial score (nSPS) is 10.8. The van der Waals surface area contributed by atoms with Crippen molar-refractivity contribution in [2.75, 3.05) is 0 Å². The van der Waals surface area contributed by atoms with Crippen LogP contribution in [0.1, 0.15) is 23.1 Å². The Balaban J connectivity index is 1.41. The highest BCUT2D eigenvalue weighted by atomic mass is 35.5. The molecule has 0 aliphatic heterocycles. The van der Waals surface area contributed by atoms with Gasteiger partial charge in [0, 0.05) is 11.4 Å². The summed E-state index contributed by atoms with van der Waals surface area (Å²) in [5.41, 5.74) is 5.62. The molecule has 1 amide bonds. The number of carbonyl (C=O) groups excluding carboxylic acids is 1. The van der Waals surface area contributed by atoms with Gasteiger partial charge in [-0.05, 0) is 59.5 Å². The number of rotatable bonds is 8. The maximum atomic E-state index is 11.8. The van der Waals surface area contributed by atoms with E-state index in [0.717, 1.165) is 22.4 Å². The van der Waals surface area contributed by atoms with Crippen LogP contribution in [0.15, 0.2) is 84.0 Å². The molecular formula is C23H21ClN2O2. The van der Waals surface area contributed by atoms with E-state index in [1.54, 1.807) is 6.21 Å². The number of nitrogens with one attached hydrogen (secondary N) is 1. The number of hydrogen-bond donors (Lipinski definition) is 1. The molecule has 4 nitrogen and oxygen atoms in total. The molecule has 0 aliphatic carbocycles. The lowest BCUT2D eigenvalue weighted by molar-refractivity contribution is -0.121. The van der Waals surface area contributed by atoms with Crippen LogP contribution in [0.25, 0.3) is 0 Å². The third kappa shape index (κ3) is 6.56. The van der Waals surface area contributed by atoms with E-state index < -0.39 is 0 Å². The predicted molar refractivity (Wildman–Crippen MR) is 113 cm³/mol. The molecule has 0 heterocycles. The summed E-state index contributed by atoms with van der Waals surface area (Å²) < 4.78 is 5.75. The Bertz CT molecular complexity index is 908. The zero-order valence-corrected chi connectivity index (χ0v) is 16.1. The molecule has 28 heavy (non-hydrogen) atoms. The summed E-state index contributed by atoms with van der Waals surface area (Å²) in [4.78, 5) is 11.8. The van der Waals surface area contributed by atoms with Gasteiger partial charge in [0.15, 0.2) is 0 Å². The lowest BCUT2D eigenvalue weighted by atomic mass is 10.1. The van der Waals surface area contributed by atoms with Gasteiger partial charge in [-0.15, -0.1) is 0 Å². The minimum absolute atomic E-state index is 0.108. The molecule has 0 spiro atoms. The van der Waals surface area contributed by atoms with Gasteiger partial charge in [-0.2, -0.15) is 5.10 Å². The second kappa shape index (κ2) is 10.3. The van der Waals surface area contributed by atoms with Gasteiger partial charge in [0.25, 0.3) is 0 Å². The van der Waals surface area contributed by atoms with Crippen LogP contribution >= 0.6 is 11.6 Å². The highest BCUT2D eigenvalue weighted by Gasteiger charge is 2.01. The molecule has 5 heteroatoms. The van der Waals surface area contributed by atoms with Crippen LogP contribution in [0.3, 0.4) is 0 Å². The largest absolute Gasteiger partial charge is 0.489 e. The van der Waals surface area contributed by atoms with Crippen LogP contribution in [0.2, 0.25) is 5.02 Å². The third-order valence-electron chi connectivity index (χ3n) is 4.09. The smallest absolute Gasteiger partial charge is 0.240 e. The van der Waals surface area contributed by atoms with E-state index in [9.17, 15) is 4.79 Å². The van der Waals surface area contributed by atoms with Gasteiger partial charge in [-0.3, -0.25) is 4.79 Å². The molecule has 0 aromatic heterocycles. The average molecular weight is 393 g/mol. The van der Waals surface area contributed by atoms with E-state index in [1.807, 2.05) is 78.9 Å². The van der Waals surface area contributed by atoms with Crippen molar-refractivity contribution in [2.45, 2.75) is 19.4 Å². The summed E-state index contributed by atoms with van der Waals surface area (Å²) in [5.74, 6) is 0.655. The van der Waals surface area contributed by atoms with E-state index in [2.05, 4.69) is 10.5 Å². The lowest BCUT2D eigenvalue weighted by Gasteiger charge is -2.06. The Kier molecular flexibility index (Phi) is 7.21. The summed E-state index contributed by atoms with van der Waals surface area (Å²) in [7, 11) is 0. The molecule has 0 bridgehead atoms. The van der Waals surface area contributed by atoms with Crippen LogP contribution in [0, 0.1) is 0 Å². The summed E-state index contributed by atoms with van der Waals surface area (Å²) in [6.45, 7) is 0.474. The Morgan fingerprint density at radius 3 is 2.36 bits per heavy atom. The SMILES string of the molecule is O=C(CCc1ccccc1)NN=Cc1ccc(OCc2ccc(Cl)cc2)cc1. The Hall–Kier alpha value is -3.11. The number of benzene rings is 3. The van der Waals surface area contributed by atoms with E-state index in [1.165, 1.54) is 0 Å². The maximum absolute atomic E-state index is 11.8. The molecule has 3 rings (SSSR count). The van der Waals surface area contributed by atoms with Crippen molar-refractivity contribution in [3.63, 3.8) is 0 Å². The minimum Gasteiger partial charge on any atom is -0.489 e. The van der Waals surface area contributed by atoms with Crippen molar-refractivity contribution < 1.29 is 9.53 Å². The van der Waals surface area contributed by atoms with E-state index in [4.69, 9.17) is 16.3 Å². The number of amides is 1. The molecule has 0 aliphatic rings. The summed E-state index contributed by atoms with van der Waals surface area (Å²) in [6.07, 6.45) is 2.71. The van der Waals surface area contributed by atoms with Gasteiger partial charge in [0.2, 0.25) is 5.91 Å². The Labute approximate surface area is 169 Å². The first kappa shape index (κ1) is 19.6. The summed E-state index contributed by atoms with van der Waals surface area (Å²) in [5, 5.41) is 4.72. The van der Waals surface area contributed by atoms with Crippen molar-refractivity contribution in [1.29, 1.82) is 0 Å². The summed E-state index contributed by atoms with van der Waals surface area (Å²) in [6, 6.07) is 25.0. The minimum atomic E-state index is -0.108. The molecule has 0 unspecified atom stereocenters. The molecule has 0 radical (unpaired) electrons. The molecular weight excluding hydrogens is 372 g/mol. The van der Waals surface area contributed by atoms with Gasteiger partial charge >= 0.3 is 0 Å². The van der Waals surface area contributed by atoms with Crippen LogP contribution in [-0.2, 0) is 17.8 Å². The summed E-state index contributed by atoms with van der Waals surface area (Å²) >= 11 is 5.87.